The second kappa shape index (κ2) is 12.9. The number of benzene rings is 2. The van der Waals surface area contributed by atoms with Gasteiger partial charge in [0.2, 0.25) is 0 Å². The van der Waals surface area contributed by atoms with E-state index in [1.165, 1.54) is 55.2 Å². The monoisotopic (exact) mass is 364 g/mol. The van der Waals surface area contributed by atoms with E-state index in [0.29, 0.717) is 6.42 Å². The second-order valence-corrected chi connectivity index (χ2v) is 7.15. The standard InChI is InChI=1S/C25H32O2/c26-25(27)17-13-8-6-4-2-1-3-5-7-10-14-22-18-20-24(21-19-22)23-15-11-9-12-16-23/h9-12,14-16,18-21H,1-8,13,17H2,(H,26,27). The number of carboxylic acids is 1. The Morgan fingerprint density at radius 3 is 1.89 bits per heavy atom. The fraction of sp³-hybridized carbons (Fsp3) is 0.400. The summed E-state index contributed by atoms with van der Waals surface area (Å²) in [5.74, 6) is -0.671. The Labute approximate surface area is 163 Å². The maximum absolute atomic E-state index is 10.4. The van der Waals surface area contributed by atoms with E-state index in [-0.39, 0.29) is 0 Å². The predicted octanol–water partition coefficient (Wildman–Crippen LogP) is 7.35. The van der Waals surface area contributed by atoms with Crippen LogP contribution in [0.3, 0.4) is 0 Å². The van der Waals surface area contributed by atoms with Crippen LogP contribution in [0.15, 0.2) is 60.7 Å². The number of aliphatic carboxylic acids is 1. The molecule has 0 aliphatic rings. The SMILES string of the molecule is O=C(O)CCCCCCCCCCC=Cc1ccc(-c2ccccc2)cc1. The van der Waals surface area contributed by atoms with E-state index >= 15 is 0 Å². The van der Waals surface area contributed by atoms with Gasteiger partial charge in [-0.05, 0) is 36.0 Å². The fourth-order valence-electron chi connectivity index (χ4n) is 3.24. The number of hydrogen-bond acceptors (Lipinski definition) is 1. The molecule has 2 aromatic carbocycles. The fourth-order valence-corrected chi connectivity index (χ4v) is 3.24. The first kappa shape index (κ1) is 21.0. The lowest BCUT2D eigenvalue weighted by Gasteiger charge is -2.02. The molecule has 144 valence electrons. The van der Waals surface area contributed by atoms with Crippen molar-refractivity contribution in [3.63, 3.8) is 0 Å². The van der Waals surface area contributed by atoms with Crippen molar-refractivity contribution in [2.24, 2.45) is 0 Å². The Bertz CT molecular complexity index is 671. The number of hydrogen-bond donors (Lipinski definition) is 1. The Kier molecular flexibility index (Phi) is 10.0. The van der Waals surface area contributed by atoms with Crippen LogP contribution in [0.5, 0.6) is 0 Å². The van der Waals surface area contributed by atoms with Gasteiger partial charge in [0.15, 0.2) is 0 Å². The summed E-state index contributed by atoms with van der Waals surface area (Å²) in [6.07, 6.45) is 15.3. The molecular weight excluding hydrogens is 332 g/mol. The van der Waals surface area contributed by atoms with Gasteiger partial charge in [-0.2, -0.15) is 0 Å². The highest BCUT2D eigenvalue weighted by molar-refractivity contribution is 5.66. The average molecular weight is 365 g/mol. The van der Waals surface area contributed by atoms with Crippen molar-refractivity contribution in [3.05, 3.63) is 66.2 Å². The second-order valence-electron chi connectivity index (χ2n) is 7.15. The van der Waals surface area contributed by atoms with Gasteiger partial charge in [0, 0.05) is 6.42 Å². The minimum absolute atomic E-state index is 0.321. The van der Waals surface area contributed by atoms with Gasteiger partial charge in [-0.1, -0.05) is 105 Å². The molecule has 0 saturated carbocycles. The summed E-state index contributed by atoms with van der Waals surface area (Å²) < 4.78 is 0. The van der Waals surface area contributed by atoms with E-state index in [1.807, 2.05) is 6.07 Å². The number of rotatable bonds is 13. The van der Waals surface area contributed by atoms with Crippen molar-refractivity contribution in [1.82, 2.24) is 0 Å². The van der Waals surface area contributed by atoms with E-state index in [2.05, 4.69) is 60.7 Å². The van der Waals surface area contributed by atoms with Crippen LogP contribution >= 0.6 is 0 Å². The van der Waals surface area contributed by atoms with Crippen LogP contribution < -0.4 is 0 Å². The number of carboxylic acid groups (broad SMARTS) is 1. The van der Waals surface area contributed by atoms with Crippen LogP contribution in [0, 0.1) is 0 Å². The van der Waals surface area contributed by atoms with E-state index in [0.717, 1.165) is 19.3 Å². The van der Waals surface area contributed by atoms with Crippen LogP contribution in [-0.4, -0.2) is 11.1 Å². The quantitative estimate of drug-likeness (QED) is 0.377. The lowest BCUT2D eigenvalue weighted by molar-refractivity contribution is -0.137. The van der Waals surface area contributed by atoms with Crippen LogP contribution in [-0.2, 0) is 4.79 Å². The number of unbranched alkanes of at least 4 members (excludes halogenated alkanes) is 8. The first-order valence-electron chi connectivity index (χ1n) is 10.3. The van der Waals surface area contributed by atoms with Gasteiger partial charge in [0.25, 0.3) is 0 Å². The maximum atomic E-state index is 10.4. The lowest BCUT2D eigenvalue weighted by Crippen LogP contribution is -1.93. The van der Waals surface area contributed by atoms with Crippen molar-refractivity contribution >= 4 is 12.0 Å². The summed E-state index contributed by atoms with van der Waals surface area (Å²) in [6, 6.07) is 19.2. The molecule has 0 aliphatic carbocycles. The molecule has 2 heteroatoms. The zero-order valence-electron chi connectivity index (χ0n) is 16.3. The Balaban J connectivity index is 1.52. The minimum atomic E-state index is -0.671. The van der Waals surface area contributed by atoms with Gasteiger partial charge < -0.3 is 5.11 Å². The predicted molar refractivity (Wildman–Crippen MR) is 115 cm³/mol. The van der Waals surface area contributed by atoms with Gasteiger partial charge in [-0.25, -0.2) is 0 Å². The van der Waals surface area contributed by atoms with Crippen molar-refractivity contribution in [2.75, 3.05) is 0 Å². The topological polar surface area (TPSA) is 37.3 Å². The molecular formula is C25H32O2. The van der Waals surface area contributed by atoms with Crippen LogP contribution in [0.4, 0.5) is 0 Å². The smallest absolute Gasteiger partial charge is 0.303 e. The molecule has 0 atom stereocenters. The van der Waals surface area contributed by atoms with Gasteiger partial charge >= 0.3 is 5.97 Å². The Morgan fingerprint density at radius 1 is 0.704 bits per heavy atom. The van der Waals surface area contributed by atoms with Gasteiger partial charge in [-0.3, -0.25) is 4.79 Å². The molecule has 0 heterocycles. The Morgan fingerprint density at radius 2 is 1.26 bits per heavy atom. The van der Waals surface area contributed by atoms with E-state index < -0.39 is 5.97 Å². The Hall–Kier alpha value is -2.35. The molecule has 27 heavy (non-hydrogen) atoms. The van der Waals surface area contributed by atoms with E-state index in [4.69, 9.17) is 5.11 Å². The van der Waals surface area contributed by atoms with Gasteiger partial charge in [0.1, 0.15) is 0 Å². The summed E-state index contributed by atoms with van der Waals surface area (Å²) in [6.45, 7) is 0. The zero-order valence-corrected chi connectivity index (χ0v) is 16.3. The van der Waals surface area contributed by atoms with E-state index in [1.54, 1.807) is 0 Å². The summed E-state index contributed by atoms with van der Waals surface area (Å²) >= 11 is 0. The molecule has 0 amide bonds. The molecule has 0 aromatic heterocycles. The third-order valence-corrected chi connectivity index (χ3v) is 4.84. The van der Waals surface area contributed by atoms with Gasteiger partial charge in [0.05, 0.1) is 0 Å². The van der Waals surface area contributed by atoms with Crippen molar-refractivity contribution in [3.8, 4) is 11.1 Å². The molecule has 0 spiro atoms. The highest BCUT2D eigenvalue weighted by atomic mass is 16.4. The molecule has 2 aromatic rings. The first-order valence-corrected chi connectivity index (χ1v) is 10.3. The minimum Gasteiger partial charge on any atom is -0.481 e. The van der Waals surface area contributed by atoms with Crippen LogP contribution in [0.25, 0.3) is 17.2 Å². The zero-order chi connectivity index (χ0) is 19.2. The summed E-state index contributed by atoms with van der Waals surface area (Å²) in [5.41, 5.74) is 3.78. The molecule has 0 fully saturated rings. The number of allylic oxidation sites excluding steroid dienone is 1. The maximum Gasteiger partial charge on any atom is 0.303 e. The molecule has 1 N–H and O–H groups in total. The molecule has 0 saturated heterocycles. The number of carbonyl (C=O) groups is 1. The van der Waals surface area contributed by atoms with Crippen molar-refractivity contribution in [1.29, 1.82) is 0 Å². The molecule has 0 unspecified atom stereocenters. The average Bonchev–Trinajstić information content (AvgIpc) is 2.70. The molecule has 0 bridgehead atoms. The highest BCUT2D eigenvalue weighted by Gasteiger charge is 1.97. The summed E-state index contributed by atoms with van der Waals surface area (Å²) in [5, 5.41) is 8.58. The summed E-state index contributed by atoms with van der Waals surface area (Å²) in [4.78, 5) is 10.4. The van der Waals surface area contributed by atoms with Crippen LogP contribution in [0.2, 0.25) is 0 Å². The molecule has 0 aliphatic heterocycles. The molecule has 0 radical (unpaired) electrons. The van der Waals surface area contributed by atoms with Crippen molar-refractivity contribution in [2.45, 2.75) is 64.2 Å². The largest absolute Gasteiger partial charge is 0.481 e. The third kappa shape index (κ3) is 9.23. The summed E-state index contributed by atoms with van der Waals surface area (Å²) in [7, 11) is 0. The molecule has 2 rings (SSSR count). The third-order valence-electron chi connectivity index (χ3n) is 4.84. The van der Waals surface area contributed by atoms with E-state index in [9.17, 15) is 4.79 Å². The van der Waals surface area contributed by atoms with Crippen molar-refractivity contribution < 1.29 is 9.90 Å². The first-order chi connectivity index (χ1) is 13.3. The normalized spacial score (nSPS) is 11.1. The van der Waals surface area contributed by atoms with Crippen LogP contribution in [0.1, 0.15) is 69.8 Å². The molecule has 2 nitrogen and oxygen atoms in total. The lowest BCUT2D eigenvalue weighted by atomic mass is 10.0. The van der Waals surface area contributed by atoms with Gasteiger partial charge in [-0.15, -0.1) is 0 Å². The highest BCUT2D eigenvalue weighted by Crippen LogP contribution is 2.20.